The van der Waals surface area contributed by atoms with Crippen LogP contribution in [0, 0.1) is 17.2 Å². The number of fused-ring (bicyclic) bond motifs is 2. The molecule has 2 aromatic rings. The molecule has 1 aromatic carbocycles. The quantitative estimate of drug-likeness (QED) is 0.246. The first-order chi connectivity index (χ1) is 20.9. The van der Waals surface area contributed by atoms with E-state index in [0.29, 0.717) is 30.8 Å². The lowest BCUT2D eigenvalue weighted by molar-refractivity contribution is -0.131. The van der Waals surface area contributed by atoms with Crippen LogP contribution >= 0.6 is 43.5 Å². The fraction of sp³-hybridized carbons (Fsp3) is 0.576. The van der Waals surface area contributed by atoms with Gasteiger partial charge in [0.15, 0.2) is 0 Å². The number of hydrogen-bond donors (Lipinski definition) is 2. The Labute approximate surface area is 282 Å². The van der Waals surface area contributed by atoms with E-state index in [9.17, 15) is 9.59 Å². The van der Waals surface area contributed by atoms with Gasteiger partial charge in [0.25, 0.3) is 0 Å². The van der Waals surface area contributed by atoms with Crippen LogP contribution in [0.25, 0.3) is 0 Å². The molecule has 2 saturated heterocycles. The highest BCUT2D eigenvalue weighted by molar-refractivity contribution is 9.10. The highest BCUT2D eigenvalue weighted by atomic mass is 79.9. The summed E-state index contributed by atoms with van der Waals surface area (Å²) >= 11 is 14.0. The van der Waals surface area contributed by atoms with Crippen molar-refractivity contribution in [3.05, 3.63) is 60.7 Å². The van der Waals surface area contributed by atoms with Gasteiger partial charge in [-0.1, -0.05) is 27.5 Å². The SMILES string of the molecule is CC(C)(C)OC(=O)NCC(=O)N1CCC(CC(=N)N2CCC([C@H]3c4ncc(Br)cc4CCc4cc(Cl)cc(Br)c43)CC2)CC1. The molecule has 2 aliphatic heterocycles. The Morgan fingerprint density at radius 1 is 1.02 bits per heavy atom. The van der Waals surface area contributed by atoms with Crippen molar-refractivity contribution in [3.8, 4) is 0 Å². The average molecular weight is 752 g/mol. The van der Waals surface area contributed by atoms with E-state index in [1.165, 1.54) is 22.4 Å². The Morgan fingerprint density at radius 3 is 2.36 bits per heavy atom. The molecule has 11 heteroatoms. The van der Waals surface area contributed by atoms with E-state index >= 15 is 0 Å². The van der Waals surface area contributed by atoms with Crippen molar-refractivity contribution in [2.24, 2.45) is 11.8 Å². The third kappa shape index (κ3) is 8.15. The predicted molar refractivity (Wildman–Crippen MR) is 181 cm³/mol. The molecule has 1 aliphatic carbocycles. The summed E-state index contributed by atoms with van der Waals surface area (Å²) in [7, 11) is 0. The number of likely N-dealkylation sites (tertiary alicyclic amines) is 2. The Balaban J connectivity index is 1.15. The lowest BCUT2D eigenvalue weighted by Crippen LogP contribution is -2.46. The third-order valence-corrected chi connectivity index (χ3v) is 10.4. The molecule has 0 unspecified atom stereocenters. The molecule has 2 fully saturated rings. The summed E-state index contributed by atoms with van der Waals surface area (Å²) in [5.41, 5.74) is 4.48. The third-order valence-electron chi connectivity index (χ3n) is 9.04. The van der Waals surface area contributed by atoms with E-state index in [2.05, 4.69) is 54.2 Å². The maximum atomic E-state index is 12.6. The largest absolute Gasteiger partial charge is 0.444 e. The number of alkyl carbamates (subject to hydrolysis) is 1. The average Bonchev–Trinajstić information content (AvgIpc) is 3.12. The number of piperidine rings is 2. The first-order valence-electron chi connectivity index (χ1n) is 15.6. The van der Waals surface area contributed by atoms with E-state index < -0.39 is 11.7 Å². The van der Waals surface area contributed by atoms with Gasteiger partial charge in [-0.05, 0) is 122 Å². The first kappa shape index (κ1) is 33.2. The number of aromatic nitrogens is 1. The minimum Gasteiger partial charge on any atom is -0.444 e. The number of hydrogen-bond acceptors (Lipinski definition) is 5. The molecule has 2 amide bonds. The molecule has 238 valence electrons. The van der Waals surface area contributed by atoms with Crippen LogP contribution in [0.2, 0.25) is 5.02 Å². The number of aryl methyl sites for hydroxylation is 2. The molecule has 8 nitrogen and oxygen atoms in total. The zero-order valence-corrected chi connectivity index (χ0v) is 29.7. The predicted octanol–water partition coefficient (Wildman–Crippen LogP) is 7.33. The summed E-state index contributed by atoms with van der Waals surface area (Å²) in [6, 6.07) is 6.35. The van der Waals surface area contributed by atoms with E-state index in [1.54, 1.807) is 20.8 Å². The van der Waals surface area contributed by atoms with Crippen LogP contribution in [0.5, 0.6) is 0 Å². The zero-order chi connectivity index (χ0) is 31.6. The molecule has 0 saturated carbocycles. The Kier molecular flexibility index (Phi) is 10.6. The number of halogens is 3. The van der Waals surface area contributed by atoms with Crippen molar-refractivity contribution in [2.75, 3.05) is 32.7 Å². The Morgan fingerprint density at radius 2 is 1.68 bits per heavy atom. The maximum absolute atomic E-state index is 12.6. The molecular weight excluding hydrogens is 710 g/mol. The molecule has 0 bridgehead atoms. The van der Waals surface area contributed by atoms with Crippen molar-refractivity contribution in [1.82, 2.24) is 20.1 Å². The second-order valence-corrected chi connectivity index (χ2v) is 15.5. The number of nitrogens with zero attached hydrogens (tertiary/aromatic N) is 3. The van der Waals surface area contributed by atoms with Crippen LogP contribution in [0.4, 0.5) is 4.79 Å². The summed E-state index contributed by atoms with van der Waals surface area (Å²) < 4.78 is 7.29. The Hall–Kier alpha value is -2.17. The van der Waals surface area contributed by atoms with Gasteiger partial charge >= 0.3 is 6.09 Å². The van der Waals surface area contributed by atoms with E-state index in [1.807, 2.05) is 17.2 Å². The number of benzene rings is 1. The minimum atomic E-state index is -0.599. The highest BCUT2D eigenvalue weighted by Gasteiger charge is 2.36. The fourth-order valence-electron chi connectivity index (χ4n) is 6.90. The number of nitrogens with one attached hydrogen (secondary N) is 2. The van der Waals surface area contributed by atoms with Crippen molar-refractivity contribution >= 4 is 61.3 Å². The zero-order valence-electron chi connectivity index (χ0n) is 25.7. The van der Waals surface area contributed by atoms with Crippen LogP contribution in [-0.2, 0) is 22.4 Å². The summed E-state index contributed by atoms with van der Waals surface area (Å²) in [4.78, 5) is 33.6. The molecule has 0 radical (unpaired) electrons. The van der Waals surface area contributed by atoms with Gasteiger partial charge in [-0.3, -0.25) is 15.2 Å². The summed E-state index contributed by atoms with van der Waals surface area (Å²) in [6.07, 6.45) is 7.67. The van der Waals surface area contributed by atoms with Crippen LogP contribution in [-0.4, -0.2) is 70.9 Å². The highest BCUT2D eigenvalue weighted by Crippen LogP contribution is 2.46. The van der Waals surface area contributed by atoms with Crippen molar-refractivity contribution in [2.45, 2.75) is 77.2 Å². The normalized spacial score (nSPS) is 19.5. The number of carbonyl (C=O) groups excluding carboxylic acids is 2. The van der Waals surface area contributed by atoms with Gasteiger partial charge in [0.1, 0.15) is 12.1 Å². The van der Waals surface area contributed by atoms with Crippen LogP contribution in [0.3, 0.4) is 0 Å². The van der Waals surface area contributed by atoms with Gasteiger partial charge in [0.2, 0.25) is 5.91 Å². The topological polar surface area (TPSA) is 98.6 Å². The summed E-state index contributed by atoms with van der Waals surface area (Å²) in [6.45, 7) is 8.34. The summed E-state index contributed by atoms with van der Waals surface area (Å²) in [5, 5.41) is 12.3. The Bertz CT molecular complexity index is 1400. The van der Waals surface area contributed by atoms with Gasteiger partial charge in [-0.15, -0.1) is 0 Å². The van der Waals surface area contributed by atoms with Crippen LogP contribution < -0.4 is 5.32 Å². The van der Waals surface area contributed by atoms with E-state index in [0.717, 1.165) is 72.0 Å². The monoisotopic (exact) mass is 749 g/mol. The number of rotatable bonds is 5. The number of pyridine rings is 1. The molecule has 3 aliphatic rings. The van der Waals surface area contributed by atoms with Crippen molar-refractivity contribution in [3.63, 3.8) is 0 Å². The standard InChI is InChI=1S/C33H42Br2ClN5O3/c1-33(2,3)44-32(43)39-19-28(42)41-10-6-20(7-11-41)14-27(37)40-12-8-21(9-13-40)30-29-22(16-25(36)17-26(29)35)4-5-23-15-24(34)18-38-31(23)30/h15-18,20-21,30,37H,4-14,19H2,1-3H3,(H,39,43)/t30-/m1/s1. The second kappa shape index (κ2) is 14.1. The van der Waals surface area contributed by atoms with Crippen molar-refractivity contribution < 1.29 is 14.3 Å². The maximum Gasteiger partial charge on any atom is 0.408 e. The van der Waals surface area contributed by atoms with E-state index in [4.69, 9.17) is 26.7 Å². The molecule has 44 heavy (non-hydrogen) atoms. The van der Waals surface area contributed by atoms with Gasteiger partial charge in [-0.2, -0.15) is 0 Å². The van der Waals surface area contributed by atoms with Crippen LogP contribution in [0.1, 0.15) is 81.2 Å². The number of ether oxygens (including phenoxy) is 1. The lowest BCUT2D eigenvalue weighted by atomic mass is 9.76. The number of carbonyl (C=O) groups is 2. The van der Waals surface area contributed by atoms with Gasteiger partial charge < -0.3 is 19.9 Å². The second-order valence-electron chi connectivity index (χ2n) is 13.3. The molecule has 5 rings (SSSR count). The van der Waals surface area contributed by atoms with Gasteiger partial charge in [-0.25, -0.2) is 4.79 Å². The molecule has 0 spiro atoms. The lowest BCUT2D eigenvalue weighted by Gasteiger charge is -2.39. The van der Waals surface area contributed by atoms with Gasteiger partial charge in [0.05, 0.1) is 11.5 Å². The molecule has 1 aromatic heterocycles. The molecule has 3 heterocycles. The van der Waals surface area contributed by atoms with Crippen molar-refractivity contribution in [1.29, 1.82) is 5.41 Å². The molecule has 2 N–H and O–H groups in total. The molecule has 1 atom stereocenters. The smallest absolute Gasteiger partial charge is 0.408 e. The van der Waals surface area contributed by atoms with Crippen LogP contribution in [0.15, 0.2) is 33.3 Å². The first-order valence-corrected chi connectivity index (χ1v) is 17.5. The fourth-order valence-corrected chi connectivity index (χ4v) is 8.39. The van der Waals surface area contributed by atoms with Gasteiger partial charge in [0, 0.05) is 58.7 Å². The number of amidine groups is 1. The summed E-state index contributed by atoms with van der Waals surface area (Å²) in [5.74, 6) is 1.60. The van der Waals surface area contributed by atoms with E-state index in [-0.39, 0.29) is 18.4 Å². The number of amides is 2. The minimum absolute atomic E-state index is 0.0588. The molecular formula is C33H42Br2ClN5O3.